The molecule has 0 fully saturated rings. The molecule has 2 heteroatoms. The van der Waals surface area contributed by atoms with Crippen molar-refractivity contribution in [3.8, 4) is 0 Å². The Bertz CT molecular complexity index is 222. The second-order valence-corrected chi connectivity index (χ2v) is 5.92. The van der Waals surface area contributed by atoms with E-state index in [-0.39, 0.29) is 5.41 Å². The molecule has 0 saturated heterocycles. The van der Waals surface area contributed by atoms with Crippen LogP contribution in [0, 0.1) is 11.3 Å². The molecule has 0 spiro atoms. The number of halogens is 2. The van der Waals surface area contributed by atoms with E-state index in [1.807, 2.05) is 0 Å². The van der Waals surface area contributed by atoms with Crippen molar-refractivity contribution in [1.82, 2.24) is 0 Å². The zero-order chi connectivity index (χ0) is 9.35. The molecule has 0 nitrogen and oxygen atoms in total. The second kappa shape index (κ2) is 3.82. The fourth-order valence-corrected chi connectivity index (χ4v) is 3.22. The van der Waals surface area contributed by atoms with Crippen LogP contribution in [0.5, 0.6) is 0 Å². The standard InChI is InChI=1S/C10H14BrI/c1-4-10(3)7(2)8(11)5-6-9(10)12/h4,6-8H,1,5H2,2-3H3/t7?,8-,10-/m1/s1. The molecular weight excluding hydrogens is 327 g/mol. The van der Waals surface area contributed by atoms with Crippen LogP contribution in [0.1, 0.15) is 20.3 Å². The Morgan fingerprint density at radius 1 is 1.83 bits per heavy atom. The number of allylic oxidation sites excluding steroid dienone is 3. The monoisotopic (exact) mass is 340 g/mol. The number of hydrogen-bond acceptors (Lipinski definition) is 0. The fourth-order valence-electron chi connectivity index (χ4n) is 1.52. The van der Waals surface area contributed by atoms with Gasteiger partial charge in [0.2, 0.25) is 0 Å². The molecule has 1 unspecified atom stereocenters. The predicted octanol–water partition coefficient (Wildman–Crippen LogP) is 4.30. The summed E-state index contributed by atoms with van der Waals surface area (Å²) in [5.41, 5.74) is 0.174. The maximum Gasteiger partial charge on any atom is 0.0217 e. The molecule has 12 heavy (non-hydrogen) atoms. The Morgan fingerprint density at radius 3 is 2.83 bits per heavy atom. The zero-order valence-corrected chi connectivity index (χ0v) is 11.2. The first-order chi connectivity index (χ1) is 5.52. The van der Waals surface area contributed by atoms with E-state index in [9.17, 15) is 0 Å². The van der Waals surface area contributed by atoms with Crippen LogP contribution in [0.15, 0.2) is 22.3 Å². The number of rotatable bonds is 1. The highest BCUT2D eigenvalue weighted by Crippen LogP contribution is 2.47. The van der Waals surface area contributed by atoms with Gasteiger partial charge in [0.15, 0.2) is 0 Å². The molecule has 1 aliphatic rings. The van der Waals surface area contributed by atoms with Crippen LogP contribution >= 0.6 is 38.5 Å². The van der Waals surface area contributed by atoms with E-state index in [0.717, 1.165) is 6.42 Å². The van der Waals surface area contributed by atoms with Gasteiger partial charge < -0.3 is 0 Å². The second-order valence-electron chi connectivity index (χ2n) is 3.58. The summed E-state index contributed by atoms with van der Waals surface area (Å²) in [5, 5.41) is 0. The van der Waals surface area contributed by atoms with Crippen molar-refractivity contribution in [2.45, 2.75) is 25.1 Å². The first kappa shape index (κ1) is 10.8. The molecule has 0 aromatic carbocycles. The van der Waals surface area contributed by atoms with Gasteiger partial charge in [0, 0.05) is 10.2 Å². The maximum absolute atomic E-state index is 3.92. The smallest absolute Gasteiger partial charge is 0.0217 e. The summed E-state index contributed by atoms with van der Waals surface area (Å²) >= 11 is 6.13. The first-order valence-corrected chi connectivity index (χ1v) is 6.15. The Balaban J connectivity index is 3.02. The largest absolute Gasteiger partial charge is 0.102 e. The summed E-state index contributed by atoms with van der Waals surface area (Å²) < 4.78 is 1.43. The summed E-state index contributed by atoms with van der Waals surface area (Å²) in [6.07, 6.45) is 5.52. The van der Waals surface area contributed by atoms with Crippen molar-refractivity contribution < 1.29 is 0 Å². The van der Waals surface area contributed by atoms with Crippen molar-refractivity contribution in [2.24, 2.45) is 11.3 Å². The highest BCUT2D eigenvalue weighted by atomic mass is 127. The predicted molar refractivity (Wildman–Crippen MR) is 66.9 cm³/mol. The van der Waals surface area contributed by atoms with Gasteiger partial charge in [-0.05, 0) is 38.5 Å². The molecule has 0 aliphatic heterocycles. The molecule has 0 aromatic heterocycles. The number of alkyl halides is 1. The summed E-state index contributed by atoms with van der Waals surface area (Å²) in [6, 6.07) is 0. The van der Waals surface area contributed by atoms with Crippen LogP contribution in [0.4, 0.5) is 0 Å². The lowest BCUT2D eigenvalue weighted by Gasteiger charge is -2.39. The summed E-state index contributed by atoms with van der Waals surface area (Å²) in [4.78, 5) is 0.596. The average molecular weight is 341 g/mol. The van der Waals surface area contributed by atoms with Gasteiger partial charge >= 0.3 is 0 Å². The minimum absolute atomic E-state index is 0.174. The maximum atomic E-state index is 3.92. The van der Waals surface area contributed by atoms with E-state index in [1.54, 1.807) is 0 Å². The molecule has 0 bridgehead atoms. The Morgan fingerprint density at radius 2 is 2.42 bits per heavy atom. The highest BCUT2D eigenvalue weighted by Gasteiger charge is 2.37. The lowest BCUT2D eigenvalue weighted by molar-refractivity contribution is 0.328. The lowest BCUT2D eigenvalue weighted by atomic mass is 9.72. The summed E-state index contributed by atoms with van der Waals surface area (Å²) in [7, 11) is 0. The molecule has 0 saturated carbocycles. The third-order valence-electron chi connectivity index (χ3n) is 2.95. The molecule has 1 aliphatic carbocycles. The minimum Gasteiger partial charge on any atom is -0.102 e. The number of hydrogen-bond donors (Lipinski definition) is 0. The molecule has 0 amide bonds. The van der Waals surface area contributed by atoms with E-state index in [0.29, 0.717) is 10.7 Å². The van der Waals surface area contributed by atoms with Gasteiger partial charge in [-0.1, -0.05) is 41.9 Å². The lowest BCUT2D eigenvalue weighted by Crippen LogP contribution is -2.32. The van der Waals surface area contributed by atoms with Crippen molar-refractivity contribution >= 4 is 38.5 Å². The van der Waals surface area contributed by atoms with E-state index < -0.39 is 0 Å². The molecule has 0 aromatic rings. The van der Waals surface area contributed by atoms with E-state index >= 15 is 0 Å². The van der Waals surface area contributed by atoms with Crippen LogP contribution < -0.4 is 0 Å². The third-order valence-corrected chi connectivity index (χ3v) is 5.72. The summed E-state index contributed by atoms with van der Waals surface area (Å²) in [5.74, 6) is 0.631. The normalized spacial score (nSPS) is 42.2. The zero-order valence-electron chi connectivity index (χ0n) is 7.48. The molecule has 3 atom stereocenters. The van der Waals surface area contributed by atoms with Gasteiger partial charge in [0.25, 0.3) is 0 Å². The quantitative estimate of drug-likeness (QED) is 0.379. The minimum atomic E-state index is 0.174. The Hall–Kier alpha value is 0.690. The molecule has 68 valence electrons. The fraction of sp³-hybridized carbons (Fsp3) is 0.600. The van der Waals surface area contributed by atoms with Crippen molar-refractivity contribution in [3.63, 3.8) is 0 Å². The van der Waals surface area contributed by atoms with Gasteiger partial charge in [-0.2, -0.15) is 0 Å². The van der Waals surface area contributed by atoms with Gasteiger partial charge in [-0.15, -0.1) is 6.58 Å². The third kappa shape index (κ3) is 1.65. The van der Waals surface area contributed by atoms with Crippen LogP contribution in [-0.4, -0.2) is 4.83 Å². The topological polar surface area (TPSA) is 0 Å². The Kier molecular flexibility index (Phi) is 3.43. The van der Waals surface area contributed by atoms with Gasteiger partial charge in [-0.25, -0.2) is 0 Å². The van der Waals surface area contributed by atoms with E-state index in [4.69, 9.17) is 0 Å². The van der Waals surface area contributed by atoms with Crippen LogP contribution in [-0.2, 0) is 0 Å². The first-order valence-electron chi connectivity index (χ1n) is 4.16. The molecule has 0 radical (unpaired) electrons. The van der Waals surface area contributed by atoms with Crippen molar-refractivity contribution in [3.05, 3.63) is 22.3 Å². The SMILES string of the molecule is C=C[C@@]1(C)C(I)=CC[C@@H](Br)C1C. The Labute approximate surface area is 96.8 Å². The molecule has 1 rings (SSSR count). The van der Waals surface area contributed by atoms with Crippen molar-refractivity contribution in [1.29, 1.82) is 0 Å². The van der Waals surface area contributed by atoms with Crippen molar-refractivity contribution in [2.75, 3.05) is 0 Å². The molecule has 0 heterocycles. The molecule has 0 N–H and O–H groups in total. The van der Waals surface area contributed by atoms with Gasteiger partial charge in [0.05, 0.1) is 0 Å². The van der Waals surface area contributed by atoms with Crippen LogP contribution in [0.25, 0.3) is 0 Å². The van der Waals surface area contributed by atoms with E-state index in [1.165, 1.54) is 3.58 Å². The summed E-state index contributed by atoms with van der Waals surface area (Å²) in [6.45, 7) is 8.47. The highest BCUT2D eigenvalue weighted by molar-refractivity contribution is 14.1. The van der Waals surface area contributed by atoms with Crippen LogP contribution in [0.3, 0.4) is 0 Å². The van der Waals surface area contributed by atoms with E-state index in [2.05, 4.69) is 71.1 Å². The van der Waals surface area contributed by atoms with Gasteiger partial charge in [-0.3, -0.25) is 0 Å². The van der Waals surface area contributed by atoms with Crippen LogP contribution in [0.2, 0.25) is 0 Å². The average Bonchev–Trinajstić information content (AvgIpc) is 2.08. The molecular formula is C10H14BrI. The van der Waals surface area contributed by atoms with Gasteiger partial charge in [0.1, 0.15) is 0 Å².